The van der Waals surface area contributed by atoms with Crippen LogP contribution in [0.2, 0.25) is 0 Å². The van der Waals surface area contributed by atoms with Gasteiger partial charge in [-0.1, -0.05) is 332 Å². The van der Waals surface area contributed by atoms with Crippen LogP contribution in [0.3, 0.4) is 0 Å². The lowest BCUT2D eigenvalue weighted by molar-refractivity contribution is -0.117. The molecule has 0 radical (unpaired) electrons. The average Bonchev–Trinajstić information content (AvgIpc) is 0.911. The Morgan fingerprint density at radius 1 is 0.292 bits per heavy atom. The molecule has 4 saturated carbocycles. The lowest BCUT2D eigenvalue weighted by Gasteiger charge is -2.31. The van der Waals surface area contributed by atoms with Gasteiger partial charge in [-0.25, -0.2) is 8.78 Å². The highest BCUT2D eigenvalue weighted by molar-refractivity contribution is 5.94. The van der Waals surface area contributed by atoms with Gasteiger partial charge in [0.15, 0.2) is 40.6 Å². The number of allylic oxidation sites excluding steroid dienone is 18. The summed E-state index contributed by atoms with van der Waals surface area (Å²) in [6.45, 7) is 42.7. The molecular formula is C119H202F2O9. The molecule has 0 atom stereocenters. The third-order valence-corrected chi connectivity index (χ3v) is 24.0. The number of rotatable bonds is 54. The second-order valence-electron chi connectivity index (χ2n) is 41.3. The van der Waals surface area contributed by atoms with E-state index in [1.54, 1.807) is 48.5 Å². The van der Waals surface area contributed by atoms with Crippen molar-refractivity contribution >= 4 is 52.0 Å². The Labute approximate surface area is 800 Å². The lowest BCUT2D eigenvalue weighted by Crippen LogP contribution is -2.18. The van der Waals surface area contributed by atoms with Crippen molar-refractivity contribution in [2.24, 2.45) is 21.7 Å². The number of ketones is 9. The van der Waals surface area contributed by atoms with E-state index < -0.39 is 23.2 Å². The van der Waals surface area contributed by atoms with Crippen molar-refractivity contribution in [1.82, 2.24) is 0 Å². The van der Waals surface area contributed by atoms with Crippen molar-refractivity contribution in [3.8, 4) is 0 Å². The largest absolute Gasteiger partial charge is 0.300 e. The summed E-state index contributed by atoms with van der Waals surface area (Å²) < 4.78 is 26.6. The van der Waals surface area contributed by atoms with E-state index in [-0.39, 0.29) is 28.2 Å². The molecular weight excluding hydrogens is 1610 g/mol. The monoisotopic (exact) mass is 1810 g/mol. The Hall–Kier alpha value is -6.23. The van der Waals surface area contributed by atoms with Gasteiger partial charge in [-0.2, -0.15) is 0 Å². The first-order valence-corrected chi connectivity index (χ1v) is 52.6. The molecule has 0 amide bonds. The fourth-order valence-electron chi connectivity index (χ4n) is 16.5. The van der Waals surface area contributed by atoms with Gasteiger partial charge in [0, 0.05) is 45.1 Å². The third kappa shape index (κ3) is 93.6. The molecule has 4 fully saturated rings. The van der Waals surface area contributed by atoms with Crippen molar-refractivity contribution < 1.29 is 51.9 Å². The quantitative estimate of drug-likeness (QED) is 0.0204. The maximum Gasteiger partial charge on any atom is 0.188 e. The predicted octanol–water partition coefficient (Wildman–Crippen LogP) is 37.5. The normalized spacial score (nSPS) is 16.7. The lowest BCUT2D eigenvalue weighted by atomic mass is 9.74. The highest BCUT2D eigenvalue weighted by atomic mass is 19.1. The molecule has 4 aliphatic rings. The zero-order chi connectivity index (χ0) is 98.6. The number of unbranched alkanes of at least 4 members (excludes halogenated alkanes) is 32. The van der Waals surface area contributed by atoms with Crippen molar-refractivity contribution in [3.05, 3.63) is 142 Å². The van der Waals surface area contributed by atoms with Crippen molar-refractivity contribution in [1.29, 1.82) is 0 Å². The number of benzene rings is 1. The molecule has 11 heteroatoms. The minimum absolute atomic E-state index is 0.125. The Kier molecular flexibility index (Phi) is 86.9. The first-order chi connectivity index (χ1) is 61.6. The van der Waals surface area contributed by atoms with Crippen molar-refractivity contribution in [2.75, 3.05) is 0 Å². The van der Waals surface area contributed by atoms with E-state index >= 15 is 0 Å². The Morgan fingerprint density at radius 2 is 0.538 bits per heavy atom. The van der Waals surface area contributed by atoms with E-state index in [0.29, 0.717) is 34.0 Å². The summed E-state index contributed by atoms with van der Waals surface area (Å²) in [5.74, 6) is 0.0207. The molecule has 746 valence electrons. The van der Waals surface area contributed by atoms with Crippen LogP contribution in [0, 0.1) is 28.6 Å². The van der Waals surface area contributed by atoms with Crippen LogP contribution in [-0.2, 0) is 38.4 Å². The molecule has 0 heterocycles. The van der Waals surface area contributed by atoms with Gasteiger partial charge in [-0.05, 0) is 312 Å². The van der Waals surface area contributed by atoms with Crippen LogP contribution in [-0.4, -0.2) is 52.0 Å². The predicted molar refractivity (Wildman–Crippen MR) is 560 cm³/mol. The van der Waals surface area contributed by atoms with Crippen LogP contribution in [0.4, 0.5) is 8.78 Å². The van der Waals surface area contributed by atoms with E-state index in [1.807, 2.05) is 43.3 Å². The number of carbonyl (C=O) groups is 9. The maximum atomic E-state index is 13.3. The summed E-state index contributed by atoms with van der Waals surface area (Å²) >= 11 is 0. The SMILES string of the molecule is CC(=O)/C(F)=C1/CCCC(C)(C)C1.CC(=O)/C(F)=C1\CCCC(C)(C)C1.CC(=O)/C=C1/CCCC(C)(C)C1.CC(=O)/C=C1\CCCC(C)(C)C1.CC(=O)c1ccc(C)cc1.CCC/C=C/C=C/CCCCCCCCC(C)=O.CCCC/C=C\CCCCCCCC(C)=O.CCCC/C=C\CCCCCCCCCC(C)=O.CCCCCC/C=C\CCCCCCCC(C)=O. The van der Waals surface area contributed by atoms with E-state index in [0.717, 1.165) is 145 Å². The van der Waals surface area contributed by atoms with Gasteiger partial charge in [0.1, 0.15) is 23.1 Å². The van der Waals surface area contributed by atoms with Gasteiger partial charge in [0.05, 0.1) is 0 Å². The second-order valence-corrected chi connectivity index (χ2v) is 41.3. The number of carbonyl (C=O) groups excluding carboxylic acids is 9. The van der Waals surface area contributed by atoms with Crippen LogP contribution in [0.5, 0.6) is 0 Å². The Balaban J connectivity index is -0.000000690. The highest BCUT2D eigenvalue weighted by Gasteiger charge is 2.29. The molecule has 0 unspecified atom stereocenters. The number of Topliss-reactive ketones (excluding diaryl/α,β-unsaturated/α-hetero) is 7. The summed E-state index contributed by atoms with van der Waals surface area (Å²) in [6, 6.07) is 7.57. The van der Waals surface area contributed by atoms with Crippen LogP contribution >= 0.6 is 0 Å². The molecule has 1 aromatic rings. The minimum Gasteiger partial charge on any atom is -0.300 e. The molecule has 0 saturated heterocycles. The first kappa shape index (κ1) is 130. The van der Waals surface area contributed by atoms with Crippen LogP contribution in [0.25, 0.3) is 0 Å². The van der Waals surface area contributed by atoms with Crippen LogP contribution in [0.1, 0.15) is 547 Å². The Morgan fingerprint density at radius 3 is 0.785 bits per heavy atom. The number of halogens is 2. The summed E-state index contributed by atoms with van der Waals surface area (Å²) in [7, 11) is 0. The topological polar surface area (TPSA) is 154 Å². The van der Waals surface area contributed by atoms with Crippen LogP contribution < -0.4 is 0 Å². The third-order valence-electron chi connectivity index (χ3n) is 24.0. The van der Waals surface area contributed by atoms with Gasteiger partial charge < -0.3 is 19.2 Å². The Bertz CT molecular complexity index is 3300. The zero-order valence-corrected chi connectivity index (χ0v) is 88.6. The highest BCUT2D eigenvalue weighted by Crippen LogP contribution is 2.42. The fourth-order valence-corrected chi connectivity index (χ4v) is 16.5. The molecule has 5 rings (SSSR count). The van der Waals surface area contributed by atoms with E-state index in [9.17, 15) is 51.9 Å². The number of hydrogen-bond acceptors (Lipinski definition) is 9. The van der Waals surface area contributed by atoms with E-state index in [2.05, 4.69) is 144 Å². The van der Waals surface area contributed by atoms with Crippen LogP contribution in [0.15, 0.2) is 131 Å². The number of aryl methyl sites for hydroxylation is 1. The van der Waals surface area contributed by atoms with Gasteiger partial charge in [0.25, 0.3) is 0 Å². The van der Waals surface area contributed by atoms with E-state index in [4.69, 9.17) is 0 Å². The maximum absolute atomic E-state index is 13.3. The van der Waals surface area contributed by atoms with Gasteiger partial charge in [-0.3, -0.25) is 24.0 Å². The molecule has 0 aliphatic heterocycles. The summed E-state index contributed by atoms with van der Waals surface area (Å²) in [4.78, 5) is 97.0. The molecule has 4 aliphatic carbocycles. The van der Waals surface area contributed by atoms with Crippen molar-refractivity contribution in [3.63, 3.8) is 0 Å². The molecule has 0 bridgehead atoms. The van der Waals surface area contributed by atoms with Gasteiger partial charge in [0.2, 0.25) is 0 Å². The second kappa shape index (κ2) is 86.9. The van der Waals surface area contributed by atoms with Crippen molar-refractivity contribution in [2.45, 2.75) is 538 Å². The summed E-state index contributed by atoms with van der Waals surface area (Å²) in [5.41, 5.74) is 7.28. The van der Waals surface area contributed by atoms with E-state index in [1.165, 1.54) is 287 Å². The molecule has 130 heavy (non-hydrogen) atoms. The number of hydrogen-bond donors (Lipinski definition) is 0. The smallest absolute Gasteiger partial charge is 0.188 e. The fraction of sp³-hybridized carbons (Fsp3) is 0.723. The minimum atomic E-state index is -0.493. The molecule has 9 nitrogen and oxygen atoms in total. The first-order valence-electron chi connectivity index (χ1n) is 52.6. The zero-order valence-electron chi connectivity index (χ0n) is 88.6. The summed E-state index contributed by atoms with van der Waals surface area (Å²) in [6.07, 6.45) is 97.2. The molecule has 0 N–H and O–H groups in total. The molecule has 0 spiro atoms. The average molecular weight is 1810 g/mol. The molecule has 1 aromatic carbocycles. The van der Waals surface area contributed by atoms with Gasteiger partial charge >= 0.3 is 0 Å². The standard InChI is InChI=1S/2C17H32O.C17H30O.C15H28O.2C11H17FO.2C11H18O.C9H10O/c3*1-3-4-5-6-7-8-9-10-11-12-13-14-15-16-17(2)18;1-3-4-5-6-7-8-9-10-11-12-13-14-15(2)16;2*1-8(13)10(12)9-5-4-6-11(2,3)7-9;2*1-9(12)7-10-5-4-6-11(2,3)8-10;1-7-3-5-9(6-4-7)8(2)10/h8-9H,3-7,10-16H2,1-2H3;6-7H,3-5,8-16H2,1-2H3;5-8H,3-4,9-16H2,1-2H3;6-7H,3-5,8-14H2,1-2H3;2*4-7H2,1-3H3;2*7H,4-6,8H2,1-3H3;3-6H,1-2H3/b9-8-;7-6-;6-5+,8-7+;7-6-;10-9+;10-9-;10-7+;10-7-;. The summed E-state index contributed by atoms with van der Waals surface area (Å²) in [5, 5.41) is 0. The molecule has 0 aromatic heterocycles. The van der Waals surface area contributed by atoms with Gasteiger partial charge in [-0.15, -0.1) is 0 Å².